The number of nitrogens with zero attached hydrogens (tertiary/aromatic N) is 2. The number of aromatic nitrogens is 2. The van der Waals surface area contributed by atoms with E-state index < -0.39 is 0 Å². The molecule has 2 N–H and O–H groups in total. The predicted octanol–water partition coefficient (Wildman–Crippen LogP) is 1.26. The van der Waals surface area contributed by atoms with Crippen LogP contribution < -0.4 is 5.32 Å². The molecule has 1 heterocycles. The molecule has 5 heteroatoms. The van der Waals surface area contributed by atoms with E-state index in [1.165, 1.54) is 0 Å². The lowest BCUT2D eigenvalue weighted by Gasteiger charge is -2.21. The Bertz CT molecular complexity index is 410. The van der Waals surface area contributed by atoms with Crippen LogP contribution in [-0.4, -0.2) is 33.9 Å². The van der Waals surface area contributed by atoms with E-state index in [1.54, 1.807) is 10.9 Å². The van der Waals surface area contributed by atoms with Gasteiger partial charge in [-0.3, -0.25) is 9.48 Å². The number of hydrogen-bond acceptors (Lipinski definition) is 3. The Hall–Kier alpha value is -1.36. The van der Waals surface area contributed by atoms with E-state index in [0.29, 0.717) is 12.1 Å². The summed E-state index contributed by atoms with van der Waals surface area (Å²) in [5, 5.41) is 16.0. The van der Waals surface area contributed by atoms with Crippen molar-refractivity contribution in [3.8, 4) is 0 Å². The Morgan fingerprint density at radius 1 is 1.56 bits per heavy atom. The van der Waals surface area contributed by atoms with Crippen LogP contribution in [0.15, 0.2) is 6.20 Å². The first kappa shape index (κ1) is 14.7. The van der Waals surface area contributed by atoms with Crippen molar-refractivity contribution in [1.29, 1.82) is 0 Å². The highest BCUT2D eigenvalue weighted by Crippen LogP contribution is 2.20. The van der Waals surface area contributed by atoms with Crippen LogP contribution in [0.4, 0.5) is 0 Å². The maximum atomic E-state index is 11.9. The second-order valence-electron chi connectivity index (χ2n) is 5.45. The number of nitrogens with one attached hydrogen (secondary N) is 1. The lowest BCUT2D eigenvalue weighted by molar-refractivity contribution is 0.0948. The molecule has 0 spiro atoms. The number of aliphatic hydroxyl groups is 1. The molecular weight excluding hydrogens is 230 g/mol. The van der Waals surface area contributed by atoms with Crippen molar-refractivity contribution in [3.05, 3.63) is 17.5 Å². The number of rotatable bonds is 6. The molecule has 0 aromatic carbocycles. The van der Waals surface area contributed by atoms with Crippen molar-refractivity contribution in [3.63, 3.8) is 0 Å². The predicted molar refractivity (Wildman–Crippen MR) is 70.4 cm³/mol. The molecule has 1 amide bonds. The minimum Gasteiger partial charge on any atom is -0.396 e. The lowest BCUT2D eigenvalue weighted by Crippen LogP contribution is -2.26. The fourth-order valence-corrected chi connectivity index (χ4v) is 1.66. The summed E-state index contributed by atoms with van der Waals surface area (Å²) in [6.45, 7) is 6.69. The number of amides is 1. The molecule has 0 fully saturated rings. The topological polar surface area (TPSA) is 67.2 Å². The van der Waals surface area contributed by atoms with Gasteiger partial charge < -0.3 is 10.4 Å². The van der Waals surface area contributed by atoms with Gasteiger partial charge in [-0.2, -0.15) is 5.10 Å². The standard InChI is InChI=1S/C13H23N3O2/c1-10-11(8-15-16(10)4)12(18)14-7-5-6-13(2,3)9-17/h8,17H,5-7,9H2,1-4H3,(H,14,18). The molecule has 18 heavy (non-hydrogen) atoms. The van der Waals surface area contributed by atoms with Crippen molar-refractivity contribution in [2.24, 2.45) is 12.5 Å². The summed E-state index contributed by atoms with van der Waals surface area (Å²) in [5.74, 6) is -0.0811. The van der Waals surface area contributed by atoms with Crippen LogP contribution in [0.3, 0.4) is 0 Å². The van der Waals surface area contributed by atoms with Crippen molar-refractivity contribution in [2.45, 2.75) is 33.6 Å². The summed E-state index contributed by atoms with van der Waals surface area (Å²) in [6.07, 6.45) is 3.33. The SMILES string of the molecule is Cc1c(C(=O)NCCCC(C)(C)CO)cnn1C. The van der Waals surface area contributed by atoms with Crippen LogP contribution in [0.5, 0.6) is 0 Å². The first-order valence-corrected chi connectivity index (χ1v) is 6.25. The molecule has 0 unspecified atom stereocenters. The Morgan fingerprint density at radius 3 is 2.72 bits per heavy atom. The molecular formula is C13H23N3O2. The number of carbonyl (C=O) groups excluding carboxylic acids is 1. The number of hydrogen-bond donors (Lipinski definition) is 2. The van der Waals surface area contributed by atoms with E-state index in [1.807, 2.05) is 27.8 Å². The van der Waals surface area contributed by atoms with E-state index in [4.69, 9.17) is 5.11 Å². The third-order valence-electron chi connectivity index (χ3n) is 3.22. The molecule has 0 aliphatic rings. The normalized spacial score (nSPS) is 11.6. The molecule has 102 valence electrons. The van der Waals surface area contributed by atoms with Crippen LogP contribution in [0.1, 0.15) is 42.7 Å². The highest BCUT2D eigenvalue weighted by molar-refractivity contribution is 5.94. The molecule has 1 rings (SSSR count). The van der Waals surface area contributed by atoms with Gasteiger partial charge in [-0.25, -0.2) is 0 Å². The van der Waals surface area contributed by atoms with Gasteiger partial charge in [0.1, 0.15) is 0 Å². The van der Waals surface area contributed by atoms with Crippen LogP contribution in [0, 0.1) is 12.3 Å². The number of carbonyl (C=O) groups is 1. The summed E-state index contributed by atoms with van der Waals surface area (Å²) in [6, 6.07) is 0. The molecule has 5 nitrogen and oxygen atoms in total. The molecule has 1 aromatic heterocycles. The summed E-state index contributed by atoms with van der Waals surface area (Å²) in [5.41, 5.74) is 1.41. The fraction of sp³-hybridized carbons (Fsp3) is 0.692. The smallest absolute Gasteiger partial charge is 0.254 e. The van der Waals surface area contributed by atoms with Gasteiger partial charge in [0.2, 0.25) is 0 Å². The van der Waals surface area contributed by atoms with Gasteiger partial charge in [0.15, 0.2) is 0 Å². The zero-order valence-electron chi connectivity index (χ0n) is 11.7. The highest BCUT2D eigenvalue weighted by atomic mass is 16.3. The van der Waals surface area contributed by atoms with Gasteiger partial charge in [-0.1, -0.05) is 13.8 Å². The van der Waals surface area contributed by atoms with Crippen molar-refractivity contribution >= 4 is 5.91 Å². The second kappa shape index (κ2) is 6.00. The second-order valence-corrected chi connectivity index (χ2v) is 5.45. The van der Waals surface area contributed by atoms with E-state index >= 15 is 0 Å². The van der Waals surface area contributed by atoms with Crippen LogP contribution in [-0.2, 0) is 7.05 Å². The third kappa shape index (κ3) is 3.84. The molecule has 0 atom stereocenters. The quantitative estimate of drug-likeness (QED) is 0.750. The Balaban J connectivity index is 2.37. The van der Waals surface area contributed by atoms with E-state index in [9.17, 15) is 4.79 Å². The Labute approximate surface area is 108 Å². The molecule has 1 aromatic rings. The van der Waals surface area contributed by atoms with Gasteiger partial charge in [0, 0.05) is 25.9 Å². The van der Waals surface area contributed by atoms with E-state index in [0.717, 1.165) is 18.5 Å². The third-order valence-corrected chi connectivity index (χ3v) is 3.22. The maximum Gasteiger partial charge on any atom is 0.254 e. The average Bonchev–Trinajstić information content (AvgIpc) is 2.66. The monoisotopic (exact) mass is 253 g/mol. The zero-order chi connectivity index (χ0) is 13.8. The molecule has 0 radical (unpaired) electrons. The minimum atomic E-state index is -0.0811. The van der Waals surface area contributed by atoms with Crippen LogP contribution in [0.2, 0.25) is 0 Å². The van der Waals surface area contributed by atoms with Crippen LogP contribution in [0.25, 0.3) is 0 Å². The minimum absolute atomic E-state index is 0.0745. The van der Waals surface area contributed by atoms with Crippen molar-refractivity contribution < 1.29 is 9.90 Å². The summed E-state index contributed by atoms with van der Waals surface area (Å²) in [4.78, 5) is 11.9. The largest absolute Gasteiger partial charge is 0.396 e. The fourth-order valence-electron chi connectivity index (χ4n) is 1.66. The average molecular weight is 253 g/mol. The molecule has 0 aliphatic heterocycles. The molecule has 0 bridgehead atoms. The summed E-state index contributed by atoms with van der Waals surface area (Å²) < 4.78 is 1.68. The highest BCUT2D eigenvalue weighted by Gasteiger charge is 2.16. The van der Waals surface area contributed by atoms with Crippen molar-refractivity contribution in [1.82, 2.24) is 15.1 Å². The first-order chi connectivity index (χ1) is 8.37. The van der Waals surface area contributed by atoms with E-state index in [2.05, 4.69) is 10.4 Å². The van der Waals surface area contributed by atoms with Crippen molar-refractivity contribution in [2.75, 3.05) is 13.2 Å². The van der Waals surface area contributed by atoms with Gasteiger partial charge in [-0.15, -0.1) is 0 Å². The number of aliphatic hydroxyl groups excluding tert-OH is 1. The van der Waals surface area contributed by atoms with Gasteiger partial charge in [0.25, 0.3) is 5.91 Å². The number of aryl methyl sites for hydroxylation is 1. The van der Waals surface area contributed by atoms with Gasteiger partial charge in [-0.05, 0) is 25.2 Å². The molecule has 0 saturated carbocycles. The first-order valence-electron chi connectivity index (χ1n) is 6.25. The summed E-state index contributed by atoms with van der Waals surface area (Å²) >= 11 is 0. The van der Waals surface area contributed by atoms with Gasteiger partial charge in [0.05, 0.1) is 11.8 Å². The zero-order valence-corrected chi connectivity index (χ0v) is 11.7. The Kier molecular flexibility index (Phi) is 4.90. The molecule has 0 saturated heterocycles. The lowest BCUT2D eigenvalue weighted by atomic mass is 9.89. The van der Waals surface area contributed by atoms with Crippen LogP contribution >= 0.6 is 0 Å². The molecule has 0 aliphatic carbocycles. The van der Waals surface area contributed by atoms with E-state index in [-0.39, 0.29) is 17.9 Å². The summed E-state index contributed by atoms with van der Waals surface area (Å²) in [7, 11) is 1.82. The Morgan fingerprint density at radius 2 is 2.22 bits per heavy atom. The maximum absolute atomic E-state index is 11.9. The van der Waals surface area contributed by atoms with Gasteiger partial charge >= 0.3 is 0 Å².